The summed E-state index contributed by atoms with van der Waals surface area (Å²) in [6.07, 6.45) is 1.13. The SMILES string of the molecule is CS(=O)(=O)c1ccc(NC(=O)Nc2ccc3c(c2)OCO3)cc1. The molecule has 0 saturated heterocycles. The van der Waals surface area contributed by atoms with Gasteiger partial charge >= 0.3 is 6.03 Å². The van der Waals surface area contributed by atoms with E-state index >= 15 is 0 Å². The van der Waals surface area contributed by atoms with Crippen LogP contribution < -0.4 is 20.1 Å². The maximum Gasteiger partial charge on any atom is 0.323 e. The van der Waals surface area contributed by atoms with Crippen LogP contribution in [0.15, 0.2) is 47.4 Å². The number of carbonyl (C=O) groups excluding carboxylic acids is 1. The molecule has 1 aliphatic rings. The Bertz CT molecular complexity index is 847. The summed E-state index contributed by atoms with van der Waals surface area (Å²) < 4.78 is 33.2. The fraction of sp³-hybridized carbons (Fsp3) is 0.133. The number of rotatable bonds is 3. The van der Waals surface area contributed by atoms with Gasteiger partial charge in [0.05, 0.1) is 4.90 Å². The van der Waals surface area contributed by atoms with E-state index < -0.39 is 15.9 Å². The van der Waals surface area contributed by atoms with Gasteiger partial charge in [-0.2, -0.15) is 0 Å². The van der Waals surface area contributed by atoms with E-state index in [-0.39, 0.29) is 11.7 Å². The number of urea groups is 1. The first-order valence-electron chi connectivity index (χ1n) is 6.69. The molecule has 0 aliphatic carbocycles. The molecule has 7 nitrogen and oxygen atoms in total. The van der Waals surface area contributed by atoms with Crippen LogP contribution in [0.5, 0.6) is 11.5 Å². The van der Waals surface area contributed by atoms with Crippen molar-refractivity contribution in [2.24, 2.45) is 0 Å². The summed E-state index contributed by atoms with van der Waals surface area (Å²) in [4.78, 5) is 12.1. The van der Waals surface area contributed by atoms with Gasteiger partial charge in [-0.15, -0.1) is 0 Å². The predicted molar refractivity (Wildman–Crippen MR) is 84.8 cm³/mol. The highest BCUT2D eigenvalue weighted by atomic mass is 32.2. The predicted octanol–water partition coefficient (Wildman–Crippen LogP) is 2.46. The summed E-state index contributed by atoms with van der Waals surface area (Å²) in [7, 11) is -3.26. The molecule has 3 rings (SSSR count). The zero-order valence-corrected chi connectivity index (χ0v) is 13.0. The second-order valence-electron chi connectivity index (χ2n) is 4.94. The van der Waals surface area contributed by atoms with Gasteiger partial charge in [0, 0.05) is 23.7 Å². The second kappa shape index (κ2) is 5.81. The lowest BCUT2D eigenvalue weighted by Gasteiger charge is -2.08. The number of ether oxygens (including phenoxy) is 2. The first-order chi connectivity index (χ1) is 10.9. The Morgan fingerprint density at radius 2 is 1.57 bits per heavy atom. The number of fused-ring (bicyclic) bond motifs is 1. The highest BCUT2D eigenvalue weighted by Gasteiger charge is 2.14. The van der Waals surface area contributed by atoms with E-state index in [0.717, 1.165) is 6.26 Å². The Kier molecular flexibility index (Phi) is 3.83. The molecular formula is C15H14N2O5S. The molecule has 2 amide bonds. The minimum atomic E-state index is -3.26. The maximum absolute atomic E-state index is 12.0. The Morgan fingerprint density at radius 3 is 2.26 bits per heavy atom. The molecule has 2 aromatic rings. The van der Waals surface area contributed by atoms with Crippen LogP contribution in [0.4, 0.5) is 16.2 Å². The summed E-state index contributed by atoms with van der Waals surface area (Å²) in [5.74, 6) is 1.20. The minimum Gasteiger partial charge on any atom is -0.454 e. The van der Waals surface area contributed by atoms with Crippen molar-refractivity contribution in [3.05, 3.63) is 42.5 Å². The van der Waals surface area contributed by atoms with Crippen molar-refractivity contribution in [2.45, 2.75) is 4.90 Å². The number of amides is 2. The van der Waals surface area contributed by atoms with Crippen LogP contribution in [-0.4, -0.2) is 27.5 Å². The largest absolute Gasteiger partial charge is 0.454 e. The summed E-state index contributed by atoms with van der Waals surface area (Å²) in [6.45, 7) is 0.164. The lowest BCUT2D eigenvalue weighted by Crippen LogP contribution is -2.19. The van der Waals surface area contributed by atoms with E-state index in [4.69, 9.17) is 9.47 Å². The monoisotopic (exact) mass is 334 g/mol. The molecule has 0 bridgehead atoms. The molecule has 2 aromatic carbocycles. The molecule has 0 saturated carbocycles. The van der Waals surface area contributed by atoms with E-state index in [1.54, 1.807) is 18.2 Å². The summed E-state index contributed by atoms with van der Waals surface area (Å²) in [5, 5.41) is 5.28. The van der Waals surface area contributed by atoms with Crippen LogP contribution in [-0.2, 0) is 9.84 Å². The van der Waals surface area contributed by atoms with Crippen molar-refractivity contribution in [3.8, 4) is 11.5 Å². The molecule has 120 valence electrons. The van der Waals surface area contributed by atoms with Gasteiger partial charge in [-0.3, -0.25) is 0 Å². The fourth-order valence-corrected chi connectivity index (χ4v) is 2.68. The third-order valence-electron chi connectivity index (χ3n) is 3.17. The van der Waals surface area contributed by atoms with Gasteiger partial charge in [0.25, 0.3) is 0 Å². The van der Waals surface area contributed by atoms with E-state index in [2.05, 4.69) is 10.6 Å². The zero-order valence-electron chi connectivity index (χ0n) is 12.2. The van der Waals surface area contributed by atoms with E-state index in [9.17, 15) is 13.2 Å². The Morgan fingerprint density at radius 1 is 0.957 bits per heavy atom. The molecule has 0 fully saturated rings. The third kappa shape index (κ3) is 3.54. The van der Waals surface area contributed by atoms with Crippen molar-refractivity contribution >= 4 is 27.2 Å². The molecule has 8 heteroatoms. The van der Waals surface area contributed by atoms with Crippen molar-refractivity contribution in [1.82, 2.24) is 0 Å². The molecule has 0 aromatic heterocycles. The normalized spacial score (nSPS) is 12.7. The quantitative estimate of drug-likeness (QED) is 0.899. The number of carbonyl (C=O) groups is 1. The molecule has 1 heterocycles. The van der Waals surface area contributed by atoms with Crippen LogP contribution in [0.2, 0.25) is 0 Å². The van der Waals surface area contributed by atoms with Crippen LogP contribution >= 0.6 is 0 Å². The van der Waals surface area contributed by atoms with E-state index in [1.165, 1.54) is 24.3 Å². The number of nitrogens with one attached hydrogen (secondary N) is 2. The topological polar surface area (TPSA) is 93.7 Å². The first-order valence-corrected chi connectivity index (χ1v) is 8.59. The standard InChI is InChI=1S/C15H14N2O5S/c1-23(19,20)12-5-2-10(3-6-12)16-15(18)17-11-4-7-13-14(8-11)22-9-21-13/h2-8H,9H2,1H3,(H2,16,17,18). The van der Waals surface area contributed by atoms with E-state index in [0.29, 0.717) is 22.9 Å². The van der Waals surface area contributed by atoms with Crippen LogP contribution in [0.1, 0.15) is 0 Å². The van der Waals surface area contributed by atoms with Gasteiger partial charge in [-0.05, 0) is 36.4 Å². The average molecular weight is 334 g/mol. The van der Waals surface area contributed by atoms with Crippen LogP contribution in [0.25, 0.3) is 0 Å². The molecule has 0 unspecified atom stereocenters. The Labute approximate surface area is 133 Å². The molecule has 23 heavy (non-hydrogen) atoms. The van der Waals surface area contributed by atoms with Crippen LogP contribution in [0.3, 0.4) is 0 Å². The molecule has 2 N–H and O–H groups in total. The lowest BCUT2D eigenvalue weighted by molar-refractivity contribution is 0.174. The van der Waals surface area contributed by atoms with Crippen molar-refractivity contribution in [1.29, 1.82) is 0 Å². The highest BCUT2D eigenvalue weighted by Crippen LogP contribution is 2.34. The number of benzene rings is 2. The second-order valence-corrected chi connectivity index (χ2v) is 6.96. The van der Waals surface area contributed by atoms with E-state index in [1.807, 2.05) is 0 Å². The van der Waals surface area contributed by atoms with Crippen LogP contribution in [0, 0.1) is 0 Å². The number of anilines is 2. The van der Waals surface area contributed by atoms with Gasteiger partial charge in [0.1, 0.15) is 0 Å². The molecule has 1 aliphatic heterocycles. The average Bonchev–Trinajstić information content (AvgIpc) is 2.94. The van der Waals surface area contributed by atoms with Gasteiger partial charge in [-0.25, -0.2) is 13.2 Å². The van der Waals surface area contributed by atoms with Crippen molar-refractivity contribution in [2.75, 3.05) is 23.7 Å². The number of hydrogen-bond acceptors (Lipinski definition) is 5. The Balaban J connectivity index is 1.65. The minimum absolute atomic E-state index is 0.164. The van der Waals surface area contributed by atoms with Gasteiger partial charge in [0.2, 0.25) is 6.79 Å². The summed E-state index contributed by atoms with van der Waals surface area (Å²) in [6, 6.07) is 10.5. The molecule has 0 radical (unpaired) electrons. The lowest BCUT2D eigenvalue weighted by atomic mass is 10.3. The smallest absolute Gasteiger partial charge is 0.323 e. The first kappa shape index (κ1) is 15.2. The molecule has 0 spiro atoms. The fourth-order valence-electron chi connectivity index (χ4n) is 2.05. The number of sulfone groups is 1. The Hall–Kier alpha value is -2.74. The number of hydrogen-bond donors (Lipinski definition) is 2. The van der Waals surface area contributed by atoms with Gasteiger partial charge in [0.15, 0.2) is 21.3 Å². The molecule has 0 atom stereocenters. The van der Waals surface area contributed by atoms with Gasteiger partial charge in [-0.1, -0.05) is 0 Å². The third-order valence-corrected chi connectivity index (χ3v) is 4.30. The van der Waals surface area contributed by atoms with Crippen molar-refractivity contribution in [3.63, 3.8) is 0 Å². The highest BCUT2D eigenvalue weighted by molar-refractivity contribution is 7.90. The maximum atomic E-state index is 12.0. The summed E-state index contributed by atoms with van der Waals surface area (Å²) in [5.41, 5.74) is 1.04. The molecular weight excluding hydrogens is 320 g/mol. The van der Waals surface area contributed by atoms with Crippen molar-refractivity contribution < 1.29 is 22.7 Å². The van der Waals surface area contributed by atoms with Gasteiger partial charge < -0.3 is 20.1 Å². The summed E-state index contributed by atoms with van der Waals surface area (Å²) >= 11 is 0. The zero-order chi connectivity index (χ0) is 16.4.